The molecule has 0 saturated carbocycles. The molecule has 1 aliphatic carbocycles. The van der Waals surface area contributed by atoms with Gasteiger partial charge in [0.25, 0.3) is 0 Å². The van der Waals surface area contributed by atoms with E-state index in [0.717, 1.165) is 54.4 Å². The molecule has 0 fully saturated rings. The molecule has 4 rings (SSSR count). The third kappa shape index (κ3) is 2.67. The van der Waals surface area contributed by atoms with Crippen LogP contribution in [0, 0.1) is 0 Å². The molecule has 116 valence electrons. The summed E-state index contributed by atoms with van der Waals surface area (Å²) in [6.45, 7) is 2.92. The number of hydrogen-bond acceptors (Lipinski definition) is 5. The average molecular weight is 306 g/mol. The molecule has 23 heavy (non-hydrogen) atoms. The number of pyridine rings is 1. The Morgan fingerprint density at radius 2 is 2.17 bits per heavy atom. The van der Waals surface area contributed by atoms with Gasteiger partial charge in [-0.25, -0.2) is 9.97 Å². The molecule has 3 aromatic heterocycles. The van der Waals surface area contributed by atoms with Crippen molar-refractivity contribution in [1.82, 2.24) is 24.7 Å². The average Bonchev–Trinajstić information content (AvgIpc) is 3.24. The Morgan fingerprint density at radius 3 is 2.96 bits per heavy atom. The zero-order valence-corrected chi connectivity index (χ0v) is 13.0. The van der Waals surface area contributed by atoms with Gasteiger partial charge < -0.3 is 5.32 Å². The molecule has 0 spiro atoms. The van der Waals surface area contributed by atoms with Gasteiger partial charge in [-0.3, -0.25) is 9.67 Å². The number of rotatable bonds is 4. The maximum Gasteiger partial charge on any atom is 0.163 e. The minimum absolute atomic E-state index is 0.726. The van der Waals surface area contributed by atoms with E-state index in [4.69, 9.17) is 9.97 Å². The standard InChI is InChI=1S/C17H18N6/c1-2-23-11-13(10-19-23)20-17-14-6-3-7-15(14)21-16(22-17)12-5-4-8-18-9-12/h4-5,8-11H,2-3,6-7H2,1H3,(H,20,21,22). The van der Waals surface area contributed by atoms with Crippen LogP contribution in [0.2, 0.25) is 0 Å². The predicted molar refractivity (Wildman–Crippen MR) is 88.5 cm³/mol. The van der Waals surface area contributed by atoms with E-state index in [1.165, 1.54) is 5.56 Å². The second-order valence-corrected chi connectivity index (χ2v) is 5.63. The molecule has 1 aliphatic rings. The number of nitrogens with one attached hydrogen (secondary N) is 1. The van der Waals surface area contributed by atoms with Crippen molar-refractivity contribution in [1.29, 1.82) is 0 Å². The maximum atomic E-state index is 4.75. The number of hydrogen-bond donors (Lipinski definition) is 1. The van der Waals surface area contributed by atoms with E-state index >= 15 is 0 Å². The quantitative estimate of drug-likeness (QED) is 0.802. The highest BCUT2D eigenvalue weighted by Gasteiger charge is 2.20. The van der Waals surface area contributed by atoms with E-state index in [2.05, 4.69) is 22.3 Å². The molecule has 0 aliphatic heterocycles. The minimum Gasteiger partial charge on any atom is -0.337 e. The second kappa shape index (κ2) is 5.79. The van der Waals surface area contributed by atoms with Crippen molar-refractivity contribution < 1.29 is 0 Å². The first-order valence-electron chi connectivity index (χ1n) is 7.93. The van der Waals surface area contributed by atoms with Crippen LogP contribution < -0.4 is 5.32 Å². The Balaban J connectivity index is 1.74. The zero-order valence-electron chi connectivity index (χ0n) is 13.0. The van der Waals surface area contributed by atoms with Gasteiger partial charge in [-0.05, 0) is 38.3 Å². The van der Waals surface area contributed by atoms with Crippen LogP contribution in [0.1, 0.15) is 24.6 Å². The van der Waals surface area contributed by atoms with Crippen molar-refractivity contribution in [2.75, 3.05) is 5.32 Å². The lowest BCUT2D eigenvalue weighted by molar-refractivity contribution is 0.660. The van der Waals surface area contributed by atoms with Gasteiger partial charge in [-0.2, -0.15) is 5.10 Å². The van der Waals surface area contributed by atoms with Crippen LogP contribution in [0.4, 0.5) is 11.5 Å². The van der Waals surface area contributed by atoms with Crippen molar-refractivity contribution in [2.45, 2.75) is 32.7 Å². The molecule has 1 N–H and O–H groups in total. The lowest BCUT2D eigenvalue weighted by Crippen LogP contribution is -2.03. The first kappa shape index (κ1) is 13.9. The van der Waals surface area contributed by atoms with E-state index in [1.54, 1.807) is 12.4 Å². The molecule has 0 radical (unpaired) electrons. The third-order valence-electron chi connectivity index (χ3n) is 4.07. The van der Waals surface area contributed by atoms with Crippen molar-refractivity contribution in [3.63, 3.8) is 0 Å². The molecule has 6 heteroatoms. The van der Waals surface area contributed by atoms with Gasteiger partial charge in [0.2, 0.25) is 0 Å². The van der Waals surface area contributed by atoms with Crippen LogP contribution in [-0.2, 0) is 19.4 Å². The van der Waals surface area contributed by atoms with Gasteiger partial charge >= 0.3 is 0 Å². The van der Waals surface area contributed by atoms with Crippen LogP contribution in [0.5, 0.6) is 0 Å². The summed E-state index contributed by atoms with van der Waals surface area (Å²) in [5.74, 6) is 1.62. The van der Waals surface area contributed by atoms with Crippen LogP contribution in [-0.4, -0.2) is 24.7 Å². The Labute approximate surface area is 134 Å². The van der Waals surface area contributed by atoms with Gasteiger partial charge in [0.05, 0.1) is 11.9 Å². The Kier molecular flexibility index (Phi) is 3.49. The Bertz CT molecular complexity index is 824. The molecule has 0 aromatic carbocycles. The highest BCUT2D eigenvalue weighted by molar-refractivity contribution is 5.64. The van der Waals surface area contributed by atoms with Crippen molar-refractivity contribution in [3.05, 3.63) is 48.2 Å². The van der Waals surface area contributed by atoms with Crippen LogP contribution in [0.25, 0.3) is 11.4 Å². The molecular weight excluding hydrogens is 288 g/mol. The summed E-state index contributed by atoms with van der Waals surface area (Å²) < 4.78 is 1.89. The summed E-state index contributed by atoms with van der Waals surface area (Å²) in [7, 11) is 0. The van der Waals surface area contributed by atoms with Gasteiger partial charge in [-0.1, -0.05) is 0 Å². The van der Waals surface area contributed by atoms with Gasteiger partial charge in [-0.15, -0.1) is 0 Å². The van der Waals surface area contributed by atoms with E-state index in [0.29, 0.717) is 0 Å². The van der Waals surface area contributed by atoms with Crippen molar-refractivity contribution in [2.24, 2.45) is 0 Å². The number of nitrogens with zero attached hydrogens (tertiary/aromatic N) is 5. The lowest BCUT2D eigenvalue weighted by atomic mass is 10.2. The minimum atomic E-state index is 0.726. The molecule has 0 atom stereocenters. The third-order valence-corrected chi connectivity index (χ3v) is 4.07. The smallest absolute Gasteiger partial charge is 0.163 e. The molecule has 0 saturated heterocycles. The summed E-state index contributed by atoms with van der Waals surface area (Å²) >= 11 is 0. The van der Waals surface area contributed by atoms with E-state index in [1.807, 2.05) is 29.2 Å². The molecule has 0 bridgehead atoms. The number of aromatic nitrogens is 5. The summed E-state index contributed by atoms with van der Waals surface area (Å²) in [5, 5.41) is 7.72. The maximum absolute atomic E-state index is 4.75. The summed E-state index contributed by atoms with van der Waals surface area (Å²) in [6, 6.07) is 3.90. The zero-order chi connectivity index (χ0) is 15.6. The normalized spacial score (nSPS) is 13.1. The van der Waals surface area contributed by atoms with Crippen LogP contribution in [0.3, 0.4) is 0 Å². The van der Waals surface area contributed by atoms with Crippen LogP contribution in [0.15, 0.2) is 36.9 Å². The topological polar surface area (TPSA) is 68.5 Å². The lowest BCUT2D eigenvalue weighted by Gasteiger charge is -2.11. The molecular formula is C17H18N6. The Hall–Kier alpha value is -2.76. The molecule has 0 amide bonds. The fourth-order valence-corrected chi connectivity index (χ4v) is 2.90. The monoisotopic (exact) mass is 306 g/mol. The first-order valence-corrected chi connectivity index (χ1v) is 7.93. The first-order chi connectivity index (χ1) is 11.3. The fraction of sp³-hybridized carbons (Fsp3) is 0.294. The molecule has 6 nitrogen and oxygen atoms in total. The predicted octanol–water partition coefficient (Wildman–Crippen LogP) is 2.99. The highest BCUT2D eigenvalue weighted by atomic mass is 15.3. The molecule has 0 unspecified atom stereocenters. The fourth-order valence-electron chi connectivity index (χ4n) is 2.90. The Morgan fingerprint density at radius 1 is 1.22 bits per heavy atom. The summed E-state index contributed by atoms with van der Waals surface area (Å²) in [6.07, 6.45) is 10.5. The van der Waals surface area contributed by atoms with Gasteiger partial charge in [0.1, 0.15) is 5.82 Å². The van der Waals surface area contributed by atoms with Crippen molar-refractivity contribution >= 4 is 11.5 Å². The summed E-state index contributed by atoms with van der Waals surface area (Å²) in [5.41, 5.74) is 4.26. The van der Waals surface area contributed by atoms with Gasteiger partial charge in [0.15, 0.2) is 5.82 Å². The van der Waals surface area contributed by atoms with E-state index in [9.17, 15) is 0 Å². The van der Waals surface area contributed by atoms with Crippen LogP contribution >= 0.6 is 0 Å². The number of aryl methyl sites for hydroxylation is 2. The molecule has 3 aromatic rings. The number of fused-ring (bicyclic) bond motifs is 1. The summed E-state index contributed by atoms with van der Waals surface area (Å²) in [4.78, 5) is 13.6. The second-order valence-electron chi connectivity index (χ2n) is 5.63. The van der Waals surface area contributed by atoms with E-state index < -0.39 is 0 Å². The van der Waals surface area contributed by atoms with E-state index in [-0.39, 0.29) is 0 Å². The SMILES string of the molecule is CCn1cc(Nc2nc(-c3cccnc3)nc3c2CCC3)cn1. The van der Waals surface area contributed by atoms with Gasteiger partial charge in [0, 0.05) is 42.0 Å². The number of anilines is 2. The largest absolute Gasteiger partial charge is 0.337 e. The highest BCUT2D eigenvalue weighted by Crippen LogP contribution is 2.30. The molecule has 3 heterocycles. The van der Waals surface area contributed by atoms with Crippen molar-refractivity contribution in [3.8, 4) is 11.4 Å².